The van der Waals surface area contributed by atoms with Gasteiger partial charge in [0.15, 0.2) is 5.16 Å². The molecule has 0 saturated carbocycles. The highest BCUT2D eigenvalue weighted by Gasteiger charge is 2.16. The average Bonchev–Trinajstić information content (AvgIpc) is 2.38. The van der Waals surface area contributed by atoms with Crippen LogP contribution in [0.3, 0.4) is 0 Å². The van der Waals surface area contributed by atoms with Crippen molar-refractivity contribution in [2.45, 2.75) is 10.2 Å². The summed E-state index contributed by atoms with van der Waals surface area (Å²) in [6.45, 7) is 0. The Hall–Kier alpha value is -2.55. The molecule has 2 rings (SSSR count). The Balaban J connectivity index is 2.40. The first-order chi connectivity index (χ1) is 9.49. The molecule has 0 unspecified atom stereocenters. The van der Waals surface area contributed by atoms with Gasteiger partial charge in [-0.2, -0.15) is 0 Å². The van der Waals surface area contributed by atoms with Gasteiger partial charge < -0.3 is 21.9 Å². The fourth-order valence-electron chi connectivity index (χ4n) is 1.40. The number of nitrogen functional groups attached to an aromatic ring is 3. The van der Waals surface area contributed by atoms with Gasteiger partial charge in [0.1, 0.15) is 16.7 Å². The van der Waals surface area contributed by atoms with E-state index in [1.54, 1.807) is 0 Å². The maximum absolute atomic E-state index is 11.7. The Labute approximate surface area is 118 Å². The van der Waals surface area contributed by atoms with E-state index < -0.39 is 5.97 Å². The first kappa shape index (κ1) is 13.9. The number of nitrogens with zero attached hydrogens (tertiary/aromatic N) is 3. The predicted octanol–water partition coefficient (Wildman–Crippen LogP) is 0.556. The van der Waals surface area contributed by atoms with Gasteiger partial charge in [-0.05, 0) is 17.8 Å². The van der Waals surface area contributed by atoms with Crippen LogP contribution in [0.1, 0.15) is 10.4 Å². The maximum atomic E-state index is 11.7. The topological polar surface area (TPSA) is 143 Å². The summed E-state index contributed by atoms with van der Waals surface area (Å²) >= 11 is 1.05. The normalized spacial score (nSPS) is 10.2. The minimum absolute atomic E-state index is 0.224. The number of hydrogen-bond acceptors (Lipinski definition) is 9. The molecule has 2 heterocycles. The first-order valence-corrected chi connectivity index (χ1v) is 6.23. The van der Waals surface area contributed by atoms with E-state index in [-0.39, 0.29) is 22.4 Å². The van der Waals surface area contributed by atoms with Crippen molar-refractivity contribution >= 4 is 35.1 Å². The van der Waals surface area contributed by atoms with Crippen LogP contribution in [-0.2, 0) is 4.74 Å². The van der Waals surface area contributed by atoms with Crippen LogP contribution in [0.4, 0.5) is 17.3 Å². The number of rotatable bonds is 3. The predicted molar refractivity (Wildman–Crippen MR) is 75.0 cm³/mol. The number of esters is 1. The van der Waals surface area contributed by atoms with Gasteiger partial charge in [0.25, 0.3) is 0 Å². The quantitative estimate of drug-likeness (QED) is 0.545. The summed E-state index contributed by atoms with van der Waals surface area (Å²) in [5, 5.41) is 0.640. The molecule has 20 heavy (non-hydrogen) atoms. The lowest BCUT2D eigenvalue weighted by atomic mass is 10.3. The molecule has 9 heteroatoms. The Morgan fingerprint density at radius 1 is 1.20 bits per heavy atom. The van der Waals surface area contributed by atoms with E-state index in [1.165, 1.54) is 25.4 Å². The summed E-state index contributed by atoms with van der Waals surface area (Å²) in [6.07, 6.45) is 1.42. The lowest BCUT2D eigenvalue weighted by molar-refractivity contribution is 0.0596. The van der Waals surface area contributed by atoms with Crippen LogP contribution in [0.5, 0.6) is 0 Å². The van der Waals surface area contributed by atoms with Gasteiger partial charge in [-0.15, -0.1) is 0 Å². The van der Waals surface area contributed by atoms with Gasteiger partial charge in [-0.3, -0.25) is 0 Å². The summed E-state index contributed by atoms with van der Waals surface area (Å²) in [7, 11) is 1.27. The van der Waals surface area contributed by atoms with Crippen molar-refractivity contribution in [3.8, 4) is 0 Å². The Morgan fingerprint density at radius 2 is 1.85 bits per heavy atom. The Morgan fingerprint density at radius 3 is 2.45 bits per heavy atom. The number of methoxy groups -OCH3 is 1. The van der Waals surface area contributed by atoms with E-state index in [4.69, 9.17) is 17.2 Å². The van der Waals surface area contributed by atoms with Crippen LogP contribution in [0, 0.1) is 0 Å². The van der Waals surface area contributed by atoms with E-state index in [9.17, 15) is 4.79 Å². The molecule has 104 valence electrons. The number of carbonyl (C=O) groups excluding carboxylic acids is 1. The number of nitrogens with two attached hydrogens (primary N) is 3. The summed E-state index contributed by atoms with van der Waals surface area (Å²) in [6, 6.07) is 2.90. The minimum atomic E-state index is -0.552. The van der Waals surface area contributed by atoms with E-state index in [0.717, 1.165) is 11.8 Å². The summed E-state index contributed by atoms with van der Waals surface area (Å²) in [5.74, 6) is -0.0886. The van der Waals surface area contributed by atoms with E-state index in [0.29, 0.717) is 10.7 Å². The molecule has 0 amide bonds. The van der Waals surface area contributed by atoms with Crippen molar-refractivity contribution in [1.82, 2.24) is 15.0 Å². The number of carbonyl (C=O) groups is 1. The third-order valence-corrected chi connectivity index (χ3v) is 3.09. The van der Waals surface area contributed by atoms with Crippen molar-refractivity contribution in [3.05, 3.63) is 23.9 Å². The van der Waals surface area contributed by atoms with Gasteiger partial charge in [-0.25, -0.2) is 19.7 Å². The molecule has 8 nitrogen and oxygen atoms in total. The molecular weight excluding hydrogens is 280 g/mol. The second-order valence-corrected chi connectivity index (χ2v) is 4.67. The lowest BCUT2D eigenvalue weighted by Gasteiger charge is -2.07. The molecule has 0 fully saturated rings. The van der Waals surface area contributed by atoms with Gasteiger partial charge in [-0.1, -0.05) is 0 Å². The highest BCUT2D eigenvalue weighted by atomic mass is 32.2. The zero-order chi connectivity index (χ0) is 14.7. The van der Waals surface area contributed by atoms with Crippen LogP contribution in [0.25, 0.3) is 0 Å². The molecule has 0 aliphatic heterocycles. The van der Waals surface area contributed by atoms with Crippen LogP contribution in [0.2, 0.25) is 0 Å². The van der Waals surface area contributed by atoms with Crippen molar-refractivity contribution in [3.63, 3.8) is 0 Å². The van der Waals surface area contributed by atoms with E-state index >= 15 is 0 Å². The minimum Gasteiger partial charge on any atom is -0.465 e. The third-order valence-electron chi connectivity index (χ3n) is 2.21. The highest BCUT2D eigenvalue weighted by molar-refractivity contribution is 7.99. The molecule has 0 spiro atoms. The van der Waals surface area contributed by atoms with Crippen LogP contribution < -0.4 is 17.2 Å². The largest absolute Gasteiger partial charge is 0.465 e. The summed E-state index contributed by atoms with van der Waals surface area (Å²) < 4.78 is 4.68. The third kappa shape index (κ3) is 3.06. The first-order valence-electron chi connectivity index (χ1n) is 5.41. The highest BCUT2D eigenvalue weighted by Crippen LogP contribution is 2.28. The zero-order valence-electron chi connectivity index (χ0n) is 10.5. The summed E-state index contributed by atoms with van der Waals surface area (Å²) in [5.41, 5.74) is 17.4. The van der Waals surface area contributed by atoms with Crippen LogP contribution >= 0.6 is 11.8 Å². The van der Waals surface area contributed by atoms with E-state index in [1.807, 2.05) is 0 Å². The number of anilines is 3. The number of hydrogen-bond donors (Lipinski definition) is 3. The van der Waals surface area contributed by atoms with E-state index in [2.05, 4.69) is 19.7 Å². The molecule has 0 bridgehead atoms. The SMILES string of the molecule is COC(=O)c1cc(N)cnc1Sc1nc(N)cc(N)n1. The second kappa shape index (κ2) is 5.61. The molecule has 2 aromatic heterocycles. The zero-order valence-corrected chi connectivity index (χ0v) is 11.3. The number of ether oxygens (including phenoxy) is 1. The van der Waals surface area contributed by atoms with Crippen LogP contribution in [0.15, 0.2) is 28.5 Å². The Bertz CT molecular complexity index is 643. The molecule has 0 aliphatic carbocycles. The fourth-order valence-corrected chi connectivity index (χ4v) is 2.23. The molecule has 0 atom stereocenters. The molecule has 6 N–H and O–H groups in total. The number of aromatic nitrogens is 3. The standard InChI is InChI=1S/C11H12N6O2S/c1-19-10(18)6-2-5(12)4-15-9(6)20-11-16-7(13)3-8(14)17-11/h2-4H,12H2,1H3,(H4,13,14,16,17). The number of pyridine rings is 1. The smallest absolute Gasteiger partial charge is 0.340 e. The van der Waals surface area contributed by atoms with Crippen molar-refractivity contribution in [2.75, 3.05) is 24.3 Å². The molecule has 2 aromatic rings. The lowest BCUT2D eigenvalue weighted by Crippen LogP contribution is -2.06. The summed E-state index contributed by atoms with van der Waals surface area (Å²) in [4.78, 5) is 23.8. The molecule has 0 aliphatic rings. The Kier molecular flexibility index (Phi) is 3.89. The van der Waals surface area contributed by atoms with Crippen LogP contribution in [-0.4, -0.2) is 28.0 Å². The van der Waals surface area contributed by atoms with Crippen molar-refractivity contribution in [2.24, 2.45) is 0 Å². The van der Waals surface area contributed by atoms with Gasteiger partial charge >= 0.3 is 5.97 Å². The van der Waals surface area contributed by atoms with Crippen molar-refractivity contribution in [1.29, 1.82) is 0 Å². The van der Waals surface area contributed by atoms with Crippen molar-refractivity contribution < 1.29 is 9.53 Å². The second-order valence-electron chi connectivity index (χ2n) is 3.72. The average molecular weight is 292 g/mol. The molecular formula is C11H12N6O2S. The molecule has 0 radical (unpaired) electrons. The van der Waals surface area contributed by atoms with Gasteiger partial charge in [0, 0.05) is 6.07 Å². The molecule has 0 aromatic carbocycles. The monoisotopic (exact) mass is 292 g/mol. The fraction of sp³-hybridized carbons (Fsp3) is 0.0909. The van der Waals surface area contributed by atoms with Gasteiger partial charge in [0.2, 0.25) is 0 Å². The molecule has 0 saturated heterocycles. The van der Waals surface area contributed by atoms with Gasteiger partial charge in [0.05, 0.1) is 24.6 Å². The maximum Gasteiger partial charge on any atom is 0.340 e.